The predicted octanol–water partition coefficient (Wildman–Crippen LogP) is 9.11. The van der Waals surface area contributed by atoms with Gasteiger partial charge in [0.15, 0.2) is 0 Å². The summed E-state index contributed by atoms with van der Waals surface area (Å²) in [6.45, 7) is 33.7. The molecule has 4 aliphatic heterocycles. The van der Waals surface area contributed by atoms with E-state index in [1.165, 1.54) is 12.1 Å². The first-order valence-electron chi connectivity index (χ1n) is 23.3. The lowest BCUT2D eigenvalue weighted by molar-refractivity contribution is 0.0164. The number of carbonyl (C=O) groups is 4. The summed E-state index contributed by atoms with van der Waals surface area (Å²) in [5.74, 6) is -3.07. The quantitative estimate of drug-likeness (QED) is 0.146. The molecule has 4 atom stereocenters. The summed E-state index contributed by atoms with van der Waals surface area (Å²) in [5, 5.41) is 14.7. The number of nitrogens with one attached hydrogen (secondary N) is 4. The Morgan fingerprint density at radius 1 is 0.355 bits per heavy atom. The summed E-state index contributed by atoms with van der Waals surface area (Å²) < 4.78 is 25.2. The van der Waals surface area contributed by atoms with E-state index in [2.05, 4.69) is 132 Å². The Kier molecular flexibility index (Phi) is 14.3. The van der Waals surface area contributed by atoms with Gasteiger partial charge >= 0.3 is 23.9 Å². The summed E-state index contributed by atoms with van der Waals surface area (Å²) in [4.78, 5) is 58.6. The van der Waals surface area contributed by atoms with E-state index in [-0.39, 0.29) is 66.6 Å². The maximum absolute atomic E-state index is 14.6. The SMILES string of the molecule is CC1(C)CCC(OC(=O)c2cc(C(=O)OC3CCC(C)(C)NC(C)(C)C3)c(C(=O)OC3CCC(C)(C)NC(C)(C)C3)cc2C(=O)OC2CCC(C)(C)NC(C)(C)C2)CC(C)(C)N1. The van der Waals surface area contributed by atoms with Gasteiger partial charge in [0.25, 0.3) is 0 Å². The molecule has 5 rings (SSSR count). The van der Waals surface area contributed by atoms with Crippen LogP contribution in [0.15, 0.2) is 12.1 Å². The Labute approximate surface area is 373 Å². The van der Waals surface area contributed by atoms with Crippen LogP contribution in [-0.4, -0.2) is 92.6 Å². The number of hydrogen-bond acceptors (Lipinski definition) is 12. The van der Waals surface area contributed by atoms with Crippen molar-refractivity contribution in [3.8, 4) is 0 Å². The molecule has 0 spiro atoms. The lowest BCUT2D eigenvalue weighted by atomic mass is 9.94. The molecule has 0 aliphatic carbocycles. The molecule has 350 valence electrons. The number of ether oxygens (including phenoxy) is 4. The minimum absolute atomic E-state index is 0.148. The lowest BCUT2D eigenvalue weighted by Gasteiger charge is -2.34. The van der Waals surface area contributed by atoms with Gasteiger partial charge in [0.1, 0.15) is 24.4 Å². The minimum atomic E-state index is -0.768. The van der Waals surface area contributed by atoms with Crippen molar-refractivity contribution < 1.29 is 38.1 Å². The highest BCUT2D eigenvalue weighted by atomic mass is 16.6. The molecule has 4 aliphatic rings. The Hall–Kier alpha value is -3.06. The molecule has 1 aromatic carbocycles. The molecule has 0 saturated carbocycles. The van der Waals surface area contributed by atoms with E-state index in [4.69, 9.17) is 18.9 Å². The molecule has 12 nitrogen and oxygen atoms in total. The van der Waals surface area contributed by atoms with E-state index in [0.717, 1.165) is 25.7 Å². The van der Waals surface area contributed by atoms with Gasteiger partial charge in [-0.25, -0.2) is 19.2 Å². The molecule has 0 radical (unpaired) electrons. The Balaban J connectivity index is 1.60. The van der Waals surface area contributed by atoms with Gasteiger partial charge in [0.05, 0.1) is 22.3 Å². The van der Waals surface area contributed by atoms with Crippen LogP contribution in [0.2, 0.25) is 0 Å². The van der Waals surface area contributed by atoms with Crippen LogP contribution in [0.5, 0.6) is 0 Å². The molecule has 4 heterocycles. The number of esters is 4. The first-order valence-corrected chi connectivity index (χ1v) is 23.3. The van der Waals surface area contributed by atoms with Gasteiger partial charge < -0.3 is 40.2 Å². The molecule has 0 amide bonds. The van der Waals surface area contributed by atoms with Crippen molar-refractivity contribution in [2.75, 3.05) is 0 Å². The van der Waals surface area contributed by atoms with Crippen molar-refractivity contribution in [3.63, 3.8) is 0 Å². The van der Waals surface area contributed by atoms with Gasteiger partial charge in [-0.3, -0.25) is 0 Å². The Morgan fingerprint density at radius 2 is 0.532 bits per heavy atom. The van der Waals surface area contributed by atoms with Gasteiger partial charge in [-0.05, 0) is 174 Å². The molecule has 4 saturated heterocycles. The zero-order valence-electron chi connectivity index (χ0n) is 41.2. The number of rotatable bonds is 8. The van der Waals surface area contributed by atoms with Crippen molar-refractivity contribution in [1.82, 2.24) is 21.3 Å². The largest absolute Gasteiger partial charge is 0.459 e. The number of hydrogen-bond donors (Lipinski definition) is 4. The van der Waals surface area contributed by atoms with E-state index < -0.39 is 48.3 Å². The van der Waals surface area contributed by atoms with Crippen LogP contribution in [0.25, 0.3) is 0 Å². The average molecular weight is 867 g/mol. The van der Waals surface area contributed by atoms with Crippen LogP contribution >= 0.6 is 0 Å². The monoisotopic (exact) mass is 867 g/mol. The van der Waals surface area contributed by atoms with E-state index in [1.807, 2.05) is 0 Å². The molecular weight excluding hydrogens is 785 g/mol. The van der Waals surface area contributed by atoms with Gasteiger partial charge in [-0.1, -0.05) is 0 Å². The zero-order valence-corrected chi connectivity index (χ0v) is 41.2. The van der Waals surface area contributed by atoms with E-state index in [9.17, 15) is 19.2 Å². The van der Waals surface area contributed by atoms with Crippen LogP contribution in [0.4, 0.5) is 0 Å². The molecule has 0 bridgehead atoms. The topological polar surface area (TPSA) is 153 Å². The Morgan fingerprint density at radius 3 is 0.710 bits per heavy atom. The van der Waals surface area contributed by atoms with E-state index in [1.54, 1.807) is 0 Å². The fourth-order valence-corrected chi connectivity index (χ4v) is 11.4. The minimum Gasteiger partial charge on any atom is -0.459 e. The van der Waals surface area contributed by atoms with Crippen molar-refractivity contribution >= 4 is 23.9 Å². The second-order valence-corrected chi connectivity index (χ2v) is 24.6. The molecule has 1 aromatic rings. The Bertz CT molecular complexity index is 1580. The predicted molar refractivity (Wildman–Crippen MR) is 244 cm³/mol. The highest BCUT2D eigenvalue weighted by molar-refractivity contribution is 6.10. The standard InChI is InChI=1S/C50H82N4O8/c1-43(2)21-17-31(27-47(9,10)51-43)59-39(55)35-25-37(41(57)61-33-19-23-45(5,6)53-49(13,14)29-33)38(42(58)62-34-20-24-46(7,8)54-50(15,16)30-34)26-36(35)40(56)60-32-18-22-44(3,4)52-48(11,12)28-32/h25-26,31-34,51-54H,17-24,27-30H2,1-16H3. The van der Waals surface area contributed by atoms with Crippen molar-refractivity contribution in [2.24, 2.45) is 0 Å². The lowest BCUT2D eigenvalue weighted by Crippen LogP contribution is -2.51. The van der Waals surface area contributed by atoms with Crippen molar-refractivity contribution in [3.05, 3.63) is 34.4 Å². The van der Waals surface area contributed by atoms with Crippen LogP contribution in [0.3, 0.4) is 0 Å². The van der Waals surface area contributed by atoms with Gasteiger partial charge in [0, 0.05) is 70.0 Å². The third kappa shape index (κ3) is 14.0. The molecule has 4 N–H and O–H groups in total. The van der Waals surface area contributed by atoms with Gasteiger partial charge in [0.2, 0.25) is 0 Å². The maximum atomic E-state index is 14.6. The fraction of sp³-hybridized carbons (Fsp3) is 0.800. The zero-order chi connectivity index (χ0) is 46.5. The second-order valence-electron chi connectivity index (χ2n) is 24.6. The number of carbonyl (C=O) groups excluding carboxylic acids is 4. The van der Waals surface area contributed by atoms with Crippen LogP contribution in [0.1, 0.15) is 229 Å². The third-order valence-corrected chi connectivity index (χ3v) is 13.2. The van der Waals surface area contributed by atoms with Crippen LogP contribution in [-0.2, 0) is 18.9 Å². The highest BCUT2D eigenvalue weighted by Crippen LogP contribution is 2.35. The van der Waals surface area contributed by atoms with Crippen molar-refractivity contribution in [2.45, 2.75) is 257 Å². The number of benzene rings is 1. The average Bonchev–Trinajstić information content (AvgIpc) is 3.37. The summed E-state index contributed by atoms with van der Waals surface area (Å²) in [7, 11) is 0. The van der Waals surface area contributed by atoms with E-state index in [0.29, 0.717) is 51.4 Å². The maximum Gasteiger partial charge on any atom is 0.339 e. The summed E-state index contributed by atoms with van der Waals surface area (Å²) in [5.41, 5.74) is -2.76. The molecule has 4 fully saturated rings. The normalized spacial score (nSPS) is 29.5. The van der Waals surface area contributed by atoms with Gasteiger partial charge in [-0.2, -0.15) is 0 Å². The first-order chi connectivity index (χ1) is 28.1. The molecular formula is C50H82N4O8. The summed E-state index contributed by atoms with van der Waals surface area (Å²) in [6.07, 6.45) is 5.61. The van der Waals surface area contributed by atoms with Gasteiger partial charge in [-0.15, -0.1) is 0 Å². The summed E-state index contributed by atoms with van der Waals surface area (Å²) >= 11 is 0. The van der Waals surface area contributed by atoms with Crippen LogP contribution in [0, 0.1) is 0 Å². The summed E-state index contributed by atoms with van der Waals surface area (Å²) in [6, 6.07) is 2.63. The molecule has 4 unspecified atom stereocenters. The van der Waals surface area contributed by atoms with Crippen molar-refractivity contribution in [1.29, 1.82) is 0 Å². The molecule has 62 heavy (non-hydrogen) atoms. The molecule has 12 heteroatoms. The molecule has 0 aromatic heterocycles. The second kappa shape index (κ2) is 17.7. The third-order valence-electron chi connectivity index (χ3n) is 13.2. The van der Waals surface area contributed by atoms with E-state index >= 15 is 0 Å². The smallest absolute Gasteiger partial charge is 0.339 e. The highest BCUT2D eigenvalue weighted by Gasteiger charge is 2.42. The van der Waals surface area contributed by atoms with Crippen LogP contribution < -0.4 is 21.3 Å². The first kappa shape index (κ1) is 49.9. The fourth-order valence-electron chi connectivity index (χ4n) is 11.4.